The van der Waals surface area contributed by atoms with Gasteiger partial charge in [-0.3, -0.25) is 0 Å². The highest BCUT2D eigenvalue weighted by molar-refractivity contribution is 5.48. The minimum Gasteiger partial charge on any atom is -0.429 e. The molecule has 106 valence electrons. The standard InChI is InChI=1S/C11H8F6O2/c1-2-7-3-5-8(6-4-7)18-10(13,14)9(12)19-11(15,16)17/h2-6,9H,1H2. The van der Waals surface area contributed by atoms with Crippen molar-refractivity contribution in [2.45, 2.75) is 18.8 Å². The molecule has 0 aromatic heterocycles. The SMILES string of the molecule is C=Cc1ccc(OC(F)(F)C(F)OC(F)(F)F)cc1. The maximum Gasteiger partial charge on any atom is 0.525 e. The maximum atomic E-state index is 13.0. The van der Waals surface area contributed by atoms with Gasteiger partial charge in [0.2, 0.25) is 0 Å². The molecule has 1 unspecified atom stereocenters. The smallest absolute Gasteiger partial charge is 0.429 e. The Balaban J connectivity index is 2.74. The number of hydrogen-bond donors (Lipinski definition) is 0. The molecular weight excluding hydrogens is 278 g/mol. The zero-order chi connectivity index (χ0) is 14.7. The topological polar surface area (TPSA) is 18.5 Å². The Morgan fingerprint density at radius 1 is 1.05 bits per heavy atom. The Bertz CT molecular complexity index is 426. The fourth-order valence-corrected chi connectivity index (χ4v) is 1.06. The van der Waals surface area contributed by atoms with Crippen molar-refractivity contribution < 1.29 is 35.8 Å². The lowest BCUT2D eigenvalue weighted by Crippen LogP contribution is -2.41. The van der Waals surface area contributed by atoms with E-state index in [1.807, 2.05) is 0 Å². The van der Waals surface area contributed by atoms with Crippen molar-refractivity contribution >= 4 is 6.08 Å². The van der Waals surface area contributed by atoms with Gasteiger partial charge < -0.3 is 4.74 Å². The Labute approximate surface area is 104 Å². The fourth-order valence-electron chi connectivity index (χ4n) is 1.06. The zero-order valence-electron chi connectivity index (χ0n) is 9.26. The predicted molar refractivity (Wildman–Crippen MR) is 54.1 cm³/mol. The first kappa shape index (κ1) is 15.4. The van der Waals surface area contributed by atoms with Gasteiger partial charge in [0.05, 0.1) is 0 Å². The largest absolute Gasteiger partial charge is 0.525 e. The van der Waals surface area contributed by atoms with Crippen molar-refractivity contribution in [3.8, 4) is 5.75 Å². The number of hydrogen-bond acceptors (Lipinski definition) is 2. The summed E-state index contributed by atoms with van der Waals surface area (Å²) < 4.78 is 79.9. The molecule has 0 spiro atoms. The second-order valence-corrected chi connectivity index (χ2v) is 3.32. The van der Waals surface area contributed by atoms with Crippen LogP contribution in [0.1, 0.15) is 5.56 Å². The van der Waals surface area contributed by atoms with E-state index in [2.05, 4.69) is 16.1 Å². The molecule has 0 radical (unpaired) electrons. The Morgan fingerprint density at radius 2 is 1.58 bits per heavy atom. The van der Waals surface area contributed by atoms with Gasteiger partial charge in [-0.25, -0.2) is 9.13 Å². The van der Waals surface area contributed by atoms with Crippen LogP contribution in [0, 0.1) is 0 Å². The van der Waals surface area contributed by atoms with E-state index in [0.29, 0.717) is 5.56 Å². The van der Waals surface area contributed by atoms with Crippen molar-refractivity contribution in [3.63, 3.8) is 0 Å². The van der Waals surface area contributed by atoms with Gasteiger partial charge in [0.15, 0.2) is 0 Å². The van der Waals surface area contributed by atoms with E-state index in [1.165, 1.54) is 18.2 Å². The van der Waals surface area contributed by atoms with E-state index in [4.69, 9.17) is 0 Å². The van der Waals surface area contributed by atoms with Crippen LogP contribution in [0.15, 0.2) is 30.8 Å². The van der Waals surface area contributed by atoms with Gasteiger partial charge in [-0.1, -0.05) is 24.8 Å². The molecular formula is C11H8F6O2. The van der Waals surface area contributed by atoms with Gasteiger partial charge in [0, 0.05) is 0 Å². The van der Waals surface area contributed by atoms with Gasteiger partial charge in [-0.05, 0) is 17.7 Å². The predicted octanol–water partition coefficient (Wildman–Crippen LogP) is 4.13. The van der Waals surface area contributed by atoms with E-state index >= 15 is 0 Å². The first-order valence-electron chi connectivity index (χ1n) is 4.82. The normalized spacial score (nSPS) is 14.0. The summed E-state index contributed by atoms with van der Waals surface area (Å²) in [6.45, 7) is 3.41. The summed E-state index contributed by atoms with van der Waals surface area (Å²) >= 11 is 0. The van der Waals surface area contributed by atoms with Crippen molar-refractivity contribution in [2.24, 2.45) is 0 Å². The van der Waals surface area contributed by atoms with E-state index in [1.54, 1.807) is 0 Å². The Hall–Kier alpha value is -1.70. The molecule has 0 bridgehead atoms. The van der Waals surface area contributed by atoms with Gasteiger partial charge in [0.25, 0.3) is 0 Å². The second kappa shape index (κ2) is 5.52. The summed E-state index contributed by atoms with van der Waals surface area (Å²) in [5.74, 6) is -0.510. The van der Waals surface area contributed by atoms with Crippen LogP contribution < -0.4 is 4.74 Å². The maximum absolute atomic E-state index is 13.0. The van der Waals surface area contributed by atoms with Gasteiger partial charge >= 0.3 is 18.8 Å². The summed E-state index contributed by atoms with van der Waals surface area (Å²) in [5, 5.41) is 0. The molecule has 0 aliphatic carbocycles. The third-order valence-corrected chi connectivity index (χ3v) is 1.87. The van der Waals surface area contributed by atoms with Crippen LogP contribution in [0.25, 0.3) is 6.08 Å². The molecule has 0 aliphatic rings. The lowest BCUT2D eigenvalue weighted by molar-refractivity contribution is -0.411. The third kappa shape index (κ3) is 4.82. The number of benzene rings is 1. The van der Waals surface area contributed by atoms with Gasteiger partial charge in [0.1, 0.15) is 5.75 Å². The molecule has 0 saturated heterocycles. The van der Waals surface area contributed by atoms with Crippen LogP contribution >= 0.6 is 0 Å². The average Bonchev–Trinajstić information content (AvgIpc) is 2.27. The van der Waals surface area contributed by atoms with E-state index in [9.17, 15) is 26.3 Å². The van der Waals surface area contributed by atoms with Crippen molar-refractivity contribution in [3.05, 3.63) is 36.4 Å². The molecule has 0 heterocycles. The molecule has 0 saturated carbocycles. The summed E-state index contributed by atoms with van der Waals surface area (Å²) in [6.07, 6.45) is -12.9. The number of rotatable bonds is 5. The summed E-state index contributed by atoms with van der Waals surface area (Å²) in [7, 11) is 0. The molecule has 2 nitrogen and oxygen atoms in total. The minimum atomic E-state index is -5.53. The van der Waals surface area contributed by atoms with Crippen LogP contribution in [0.3, 0.4) is 0 Å². The van der Waals surface area contributed by atoms with Crippen LogP contribution in [0.2, 0.25) is 0 Å². The minimum absolute atomic E-state index is 0.510. The quantitative estimate of drug-likeness (QED) is 0.758. The molecule has 0 aliphatic heterocycles. The molecule has 1 aromatic rings. The van der Waals surface area contributed by atoms with E-state index < -0.39 is 24.6 Å². The zero-order valence-corrected chi connectivity index (χ0v) is 9.26. The highest BCUT2D eigenvalue weighted by atomic mass is 19.4. The molecule has 19 heavy (non-hydrogen) atoms. The summed E-state index contributed by atoms with van der Waals surface area (Å²) in [6, 6.07) is 4.70. The average molecular weight is 286 g/mol. The lowest BCUT2D eigenvalue weighted by atomic mass is 10.2. The van der Waals surface area contributed by atoms with E-state index in [0.717, 1.165) is 12.1 Å². The monoisotopic (exact) mass is 286 g/mol. The highest BCUT2D eigenvalue weighted by Crippen LogP contribution is 2.31. The van der Waals surface area contributed by atoms with Crippen LogP contribution in [0.4, 0.5) is 26.3 Å². The van der Waals surface area contributed by atoms with Crippen molar-refractivity contribution in [1.29, 1.82) is 0 Å². The first-order valence-corrected chi connectivity index (χ1v) is 4.82. The second-order valence-electron chi connectivity index (χ2n) is 3.32. The van der Waals surface area contributed by atoms with Gasteiger partial charge in [-0.15, -0.1) is 13.2 Å². The molecule has 8 heteroatoms. The molecule has 0 amide bonds. The van der Waals surface area contributed by atoms with Gasteiger partial charge in [-0.2, -0.15) is 8.78 Å². The Kier molecular flexibility index (Phi) is 4.46. The number of alkyl halides is 6. The molecule has 0 N–H and O–H groups in total. The van der Waals surface area contributed by atoms with Crippen LogP contribution in [0.5, 0.6) is 5.75 Å². The molecule has 0 fully saturated rings. The molecule has 1 aromatic carbocycles. The Morgan fingerprint density at radius 3 is 2.00 bits per heavy atom. The molecule has 1 atom stereocenters. The van der Waals surface area contributed by atoms with E-state index in [-0.39, 0.29) is 0 Å². The summed E-state index contributed by atoms with van der Waals surface area (Å²) in [5.41, 5.74) is 0.569. The highest BCUT2D eigenvalue weighted by Gasteiger charge is 2.50. The number of halogens is 6. The summed E-state index contributed by atoms with van der Waals surface area (Å²) in [4.78, 5) is 0. The first-order chi connectivity index (χ1) is 8.64. The van der Waals surface area contributed by atoms with Crippen molar-refractivity contribution in [1.82, 2.24) is 0 Å². The third-order valence-electron chi connectivity index (χ3n) is 1.87. The van der Waals surface area contributed by atoms with Crippen molar-refractivity contribution in [2.75, 3.05) is 0 Å². The number of ether oxygens (including phenoxy) is 2. The van der Waals surface area contributed by atoms with Crippen LogP contribution in [-0.4, -0.2) is 18.8 Å². The molecule has 1 rings (SSSR count). The fraction of sp³-hybridized carbons (Fsp3) is 0.273. The lowest BCUT2D eigenvalue weighted by Gasteiger charge is -2.22. The van der Waals surface area contributed by atoms with Crippen LogP contribution in [-0.2, 0) is 4.74 Å².